The maximum Gasteiger partial charge on any atom is 0.246 e. The van der Waals surface area contributed by atoms with Gasteiger partial charge in [-0.3, -0.25) is 9.78 Å². The third-order valence-electron chi connectivity index (χ3n) is 6.46. The van der Waals surface area contributed by atoms with Gasteiger partial charge in [0.25, 0.3) is 0 Å². The Morgan fingerprint density at radius 3 is 2.49 bits per heavy atom. The lowest BCUT2D eigenvalue weighted by atomic mass is 10.0. The van der Waals surface area contributed by atoms with Crippen molar-refractivity contribution in [3.8, 4) is 23.0 Å². The molecule has 3 heterocycles. The van der Waals surface area contributed by atoms with Crippen LogP contribution in [-0.4, -0.2) is 52.7 Å². The number of pyridine rings is 1. The fraction of sp³-hybridized carbons (Fsp3) is 0.250. The van der Waals surface area contributed by atoms with Crippen LogP contribution in [0, 0.1) is 0 Å². The molecule has 0 spiro atoms. The summed E-state index contributed by atoms with van der Waals surface area (Å²) < 4.78 is 12.9. The van der Waals surface area contributed by atoms with Crippen LogP contribution in [0.2, 0.25) is 0 Å². The summed E-state index contributed by atoms with van der Waals surface area (Å²) in [5.41, 5.74) is 3.81. The Morgan fingerprint density at radius 1 is 0.971 bits per heavy atom. The highest BCUT2D eigenvalue weighted by Crippen LogP contribution is 2.33. The third kappa shape index (κ3) is 4.62. The number of rotatable bonds is 6. The number of nitrogens with zero attached hydrogens (tertiary/aromatic N) is 4. The number of benzene rings is 2. The second-order valence-electron chi connectivity index (χ2n) is 8.51. The molecule has 2 aromatic heterocycles. The van der Waals surface area contributed by atoms with E-state index in [0.717, 1.165) is 41.0 Å². The van der Waals surface area contributed by atoms with Gasteiger partial charge in [0.2, 0.25) is 5.91 Å². The van der Waals surface area contributed by atoms with E-state index >= 15 is 0 Å². The van der Waals surface area contributed by atoms with Crippen molar-refractivity contribution in [2.24, 2.45) is 0 Å². The number of imidazole rings is 1. The van der Waals surface area contributed by atoms with Gasteiger partial charge in [0.15, 0.2) is 17.3 Å². The number of aromatic nitrogens is 3. The van der Waals surface area contributed by atoms with E-state index in [-0.39, 0.29) is 11.9 Å². The number of carbonyl (C=O) groups excluding carboxylic acids is 1. The number of ether oxygens (including phenoxy) is 2. The zero-order chi connectivity index (χ0) is 24.2. The second kappa shape index (κ2) is 10.0. The van der Waals surface area contributed by atoms with Crippen molar-refractivity contribution in [3.63, 3.8) is 0 Å². The van der Waals surface area contributed by atoms with Gasteiger partial charge in [-0.2, -0.15) is 0 Å². The molecular formula is C28H28N4O3. The van der Waals surface area contributed by atoms with Crippen molar-refractivity contribution in [2.75, 3.05) is 27.3 Å². The monoisotopic (exact) mass is 468 g/mol. The van der Waals surface area contributed by atoms with Gasteiger partial charge in [0.05, 0.1) is 25.3 Å². The minimum absolute atomic E-state index is 0.0127. The number of hydrogen-bond acceptors (Lipinski definition) is 5. The molecule has 4 aromatic rings. The largest absolute Gasteiger partial charge is 0.493 e. The average molecular weight is 469 g/mol. The smallest absolute Gasteiger partial charge is 0.246 e. The summed E-state index contributed by atoms with van der Waals surface area (Å²) in [6.45, 7) is 1.38. The highest BCUT2D eigenvalue weighted by Gasteiger charge is 2.26. The normalized spacial score (nSPS) is 14.5. The minimum atomic E-state index is 0.0127. The molecule has 1 fully saturated rings. The van der Waals surface area contributed by atoms with Gasteiger partial charge in [-0.05, 0) is 60.9 Å². The molecule has 0 N–H and O–H groups in total. The maximum absolute atomic E-state index is 12.9. The topological polar surface area (TPSA) is 69.5 Å². The number of piperidine rings is 1. The number of carbonyl (C=O) groups is 1. The van der Waals surface area contributed by atoms with Gasteiger partial charge in [0.1, 0.15) is 5.69 Å². The first kappa shape index (κ1) is 22.7. The molecule has 7 heteroatoms. The quantitative estimate of drug-likeness (QED) is 0.373. The van der Waals surface area contributed by atoms with E-state index in [1.807, 2.05) is 65.6 Å². The molecule has 1 saturated heterocycles. The van der Waals surface area contributed by atoms with Gasteiger partial charge in [-0.25, -0.2) is 4.98 Å². The van der Waals surface area contributed by atoms with E-state index < -0.39 is 0 Å². The Kier molecular flexibility index (Phi) is 6.48. The van der Waals surface area contributed by atoms with E-state index in [2.05, 4.69) is 15.6 Å². The fourth-order valence-electron chi connectivity index (χ4n) is 4.66. The summed E-state index contributed by atoms with van der Waals surface area (Å²) in [5, 5.41) is 0. The molecule has 0 atom stereocenters. The first-order chi connectivity index (χ1) is 17.2. The molecule has 5 rings (SSSR count). The summed E-state index contributed by atoms with van der Waals surface area (Å²) >= 11 is 0. The molecule has 1 amide bonds. The van der Waals surface area contributed by atoms with E-state index in [4.69, 9.17) is 14.5 Å². The van der Waals surface area contributed by atoms with Gasteiger partial charge >= 0.3 is 0 Å². The lowest BCUT2D eigenvalue weighted by Crippen LogP contribution is -2.38. The highest BCUT2D eigenvalue weighted by molar-refractivity contribution is 5.92. The van der Waals surface area contributed by atoms with Gasteiger partial charge in [-0.1, -0.05) is 24.3 Å². The predicted octanol–water partition coefficient (Wildman–Crippen LogP) is 4.99. The van der Waals surface area contributed by atoms with Gasteiger partial charge < -0.3 is 18.9 Å². The van der Waals surface area contributed by atoms with Gasteiger partial charge in [0, 0.05) is 31.4 Å². The van der Waals surface area contributed by atoms with Crippen LogP contribution in [0.3, 0.4) is 0 Å². The van der Waals surface area contributed by atoms with E-state index in [9.17, 15) is 4.79 Å². The summed E-state index contributed by atoms with van der Waals surface area (Å²) in [6.07, 6.45) is 6.96. The zero-order valence-electron chi connectivity index (χ0n) is 19.9. The number of fused-ring (bicyclic) bond motifs is 1. The molecule has 35 heavy (non-hydrogen) atoms. The first-order valence-corrected chi connectivity index (χ1v) is 11.8. The molecule has 0 saturated carbocycles. The Hall–Kier alpha value is -4.13. The Bertz CT molecular complexity index is 1360. The van der Waals surface area contributed by atoms with Crippen LogP contribution in [0.5, 0.6) is 11.5 Å². The number of hydrogen-bond donors (Lipinski definition) is 0. The van der Waals surface area contributed by atoms with Crippen LogP contribution in [0.25, 0.3) is 28.6 Å². The first-order valence-electron chi connectivity index (χ1n) is 11.8. The van der Waals surface area contributed by atoms with Crippen molar-refractivity contribution in [3.05, 3.63) is 78.5 Å². The number of methoxy groups -OCH3 is 2. The van der Waals surface area contributed by atoms with Crippen LogP contribution in [0.4, 0.5) is 0 Å². The minimum Gasteiger partial charge on any atom is -0.493 e. The fourth-order valence-corrected chi connectivity index (χ4v) is 4.66. The van der Waals surface area contributed by atoms with Crippen LogP contribution in [0.1, 0.15) is 24.4 Å². The van der Waals surface area contributed by atoms with E-state index in [1.165, 1.54) is 0 Å². The highest BCUT2D eigenvalue weighted by atomic mass is 16.5. The molecule has 1 aliphatic rings. The standard InChI is InChI=1S/C28H28N4O3/c1-34-25-12-10-20(19-26(25)35-2)11-13-27(33)31-17-14-21(15-18-31)32-24-9-4-3-7-22(24)30-28(32)23-8-5-6-16-29-23/h3-13,16,19,21H,14-15,17-18H2,1-2H3. The molecule has 178 valence electrons. The summed E-state index contributed by atoms with van der Waals surface area (Å²) in [5.74, 6) is 2.19. The molecule has 0 aliphatic carbocycles. The molecule has 2 aromatic carbocycles. The van der Waals surface area contributed by atoms with Crippen LogP contribution in [-0.2, 0) is 4.79 Å². The number of amides is 1. The molecular weight excluding hydrogens is 440 g/mol. The van der Waals surface area contributed by atoms with Crippen LogP contribution < -0.4 is 9.47 Å². The van der Waals surface area contributed by atoms with E-state index in [0.29, 0.717) is 24.6 Å². The molecule has 7 nitrogen and oxygen atoms in total. The Balaban J connectivity index is 1.31. The summed E-state index contributed by atoms with van der Waals surface area (Å²) in [7, 11) is 3.20. The van der Waals surface area contributed by atoms with E-state index in [1.54, 1.807) is 26.5 Å². The molecule has 1 aliphatic heterocycles. The van der Waals surface area contributed by atoms with Crippen molar-refractivity contribution < 1.29 is 14.3 Å². The maximum atomic E-state index is 12.9. The number of para-hydroxylation sites is 2. The Morgan fingerprint density at radius 2 is 1.74 bits per heavy atom. The second-order valence-corrected chi connectivity index (χ2v) is 8.51. The van der Waals surface area contributed by atoms with Crippen molar-refractivity contribution >= 4 is 23.0 Å². The molecule has 0 unspecified atom stereocenters. The van der Waals surface area contributed by atoms with Crippen molar-refractivity contribution in [1.29, 1.82) is 0 Å². The summed E-state index contributed by atoms with van der Waals surface area (Å²) in [4.78, 5) is 24.2. The summed E-state index contributed by atoms with van der Waals surface area (Å²) in [6, 6.07) is 19.9. The third-order valence-corrected chi connectivity index (χ3v) is 6.46. The Labute approximate surface area is 204 Å². The zero-order valence-corrected chi connectivity index (χ0v) is 19.9. The van der Waals surface area contributed by atoms with Crippen molar-refractivity contribution in [2.45, 2.75) is 18.9 Å². The lowest BCUT2D eigenvalue weighted by Gasteiger charge is -2.33. The predicted molar refractivity (Wildman–Crippen MR) is 136 cm³/mol. The average Bonchev–Trinajstić information content (AvgIpc) is 3.32. The molecule has 0 bridgehead atoms. The van der Waals surface area contributed by atoms with Gasteiger partial charge in [-0.15, -0.1) is 0 Å². The lowest BCUT2D eigenvalue weighted by molar-refractivity contribution is -0.127. The SMILES string of the molecule is COc1ccc(C=CC(=O)N2CCC(n3c(-c4ccccn4)nc4ccccc43)CC2)cc1OC. The van der Waals surface area contributed by atoms with Crippen LogP contribution in [0.15, 0.2) is 72.9 Å². The van der Waals surface area contributed by atoms with Crippen molar-refractivity contribution in [1.82, 2.24) is 19.4 Å². The molecule has 0 radical (unpaired) electrons. The van der Waals surface area contributed by atoms with Crippen LogP contribution >= 0.6 is 0 Å². The number of likely N-dealkylation sites (tertiary alicyclic amines) is 1.